The van der Waals surface area contributed by atoms with Crippen molar-refractivity contribution in [3.05, 3.63) is 69.8 Å². The maximum atomic E-state index is 12.2. The molecule has 0 atom stereocenters. The first-order valence-corrected chi connectivity index (χ1v) is 9.84. The van der Waals surface area contributed by atoms with Crippen molar-refractivity contribution in [2.45, 2.75) is 5.75 Å². The average Bonchev–Trinajstić information content (AvgIpc) is 2.57. The first-order chi connectivity index (χ1) is 12.3. The van der Waals surface area contributed by atoms with Crippen LogP contribution in [0.2, 0.25) is 0 Å². The van der Waals surface area contributed by atoms with E-state index in [2.05, 4.69) is 10.6 Å². The highest BCUT2D eigenvalue weighted by atomic mass is 32.2. The van der Waals surface area contributed by atoms with Gasteiger partial charge in [-0.1, -0.05) is 24.3 Å². The van der Waals surface area contributed by atoms with Crippen molar-refractivity contribution in [1.29, 1.82) is 0 Å². The SMILES string of the molecule is CS(=O)(=O)Cc1cccc(C(=O)NCCNc2ccccc2[N+](=O)[O-])c1. The summed E-state index contributed by atoms with van der Waals surface area (Å²) in [5, 5.41) is 16.5. The molecular weight excluding hydrogens is 358 g/mol. The summed E-state index contributed by atoms with van der Waals surface area (Å²) in [5.74, 6) is -0.474. The molecule has 9 heteroatoms. The Labute approximate surface area is 151 Å². The van der Waals surface area contributed by atoms with Gasteiger partial charge in [0.25, 0.3) is 11.6 Å². The average molecular weight is 377 g/mol. The van der Waals surface area contributed by atoms with E-state index in [1.807, 2.05) is 0 Å². The van der Waals surface area contributed by atoms with Crippen LogP contribution in [0.1, 0.15) is 15.9 Å². The van der Waals surface area contributed by atoms with Crippen molar-refractivity contribution >= 4 is 27.1 Å². The summed E-state index contributed by atoms with van der Waals surface area (Å²) in [7, 11) is -3.18. The molecule has 0 radical (unpaired) electrons. The van der Waals surface area contributed by atoms with E-state index in [-0.39, 0.29) is 23.9 Å². The van der Waals surface area contributed by atoms with E-state index in [1.54, 1.807) is 36.4 Å². The van der Waals surface area contributed by atoms with Crippen LogP contribution in [0.4, 0.5) is 11.4 Å². The highest BCUT2D eigenvalue weighted by Gasteiger charge is 2.12. The molecule has 0 bridgehead atoms. The van der Waals surface area contributed by atoms with Crippen LogP contribution in [0.5, 0.6) is 0 Å². The first kappa shape index (κ1) is 19.4. The van der Waals surface area contributed by atoms with Crippen LogP contribution >= 0.6 is 0 Å². The number of hydrogen-bond acceptors (Lipinski definition) is 6. The molecule has 2 aromatic rings. The predicted octanol–water partition coefficient (Wildman–Crippen LogP) is 1.98. The Hall–Kier alpha value is -2.94. The Morgan fingerprint density at radius 2 is 1.85 bits per heavy atom. The van der Waals surface area contributed by atoms with Crippen molar-refractivity contribution in [3.8, 4) is 0 Å². The molecule has 0 aliphatic rings. The number of para-hydroxylation sites is 2. The quantitative estimate of drug-likeness (QED) is 0.412. The minimum absolute atomic E-state index is 0.0349. The largest absolute Gasteiger partial charge is 0.378 e. The van der Waals surface area contributed by atoms with Crippen LogP contribution in [-0.4, -0.2) is 38.6 Å². The van der Waals surface area contributed by atoms with E-state index in [0.717, 1.165) is 6.26 Å². The number of hydrogen-bond donors (Lipinski definition) is 2. The molecule has 0 spiro atoms. The lowest BCUT2D eigenvalue weighted by molar-refractivity contribution is -0.384. The molecule has 0 fully saturated rings. The van der Waals surface area contributed by atoms with Gasteiger partial charge in [-0.15, -0.1) is 0 Å². The lowest BCUT2D eigenvalue weighted by Gasteiger charge is -2.09. The van der Waals surface area contributed by atoms with Crippen LogP contribution in [-0.2, 0) is 15.6 Å². The Kier molecular flexibility index (Phi) is 6.29. The second-order valence-electron chi connectivity index (χ2n) is 5.73. The standard InChI is InChI=1S/C17H19N3O5S/c1-26(24,25)12-13-5-4-6-14(11-13)17(21)19-10-9-18-15-7-2-3-8-16(15)20(22)23/h2-8,11,18H,9-10,12H2,1H3,(H,19,21). The van der Waals surface area contributed by atoms with Crippen molar-refractivity contribution < 1.29 is 18.1 Å². The lowest BCUT2D eigenvalue weighted by atomic mass is 10.1. The fourth-order valence-corrected chi connectivity index (χ4v) is 3.15. The number of anilines is 1. The van der Waals surface area contributed by atoms with Crippen molar-refractivity contribution in [2.24, 2.45) is 0 Å². The number of carbonyl (C=O) groups excluding carboxylic acids is 1. The van der Waals surface area contributed by atoms with Gasteiger partial charge in [0.05, 0.1) is 10.7 Å². The third-order valence-corrected chi connectivity index (χ3v) is 4.30. The molecule has 0 unspecified atom stereocenters. The molecule has 26 heavy (non-hydrogen) atoms. The maximum Gasteiger partial charge on any atom is 0.292 e. The molecule has 0 aliphatic carbocycles. The molecule has 138 valence electrons. The third-order valence-electron chi connectivity index (χ3n) is 3.44. The normalized spacial score (nSPS) is 11.0. The molecule has 0 heterocycles. The number of nitro benzene ring substituents is 1. The molecule has 2 N–H and O–H groups in total. The van der Waals surface area contributed by atoms with Gasteiger partial charge in [-0.05, 0) is 23.8 Å². The topological polar surface area (TPSA) is 118 Å². The Morgan fingerprint density at radius 3 is 2.54 bits per heavy atom. The number of sulfone groups is 1. The second kappa shape index (κ2) is 8.43. The van der Waals surface area contributed by atoms with Gasteiger partial charge in [0, 0.05) is 31.0 Å². The molecule has 2 rings (SSSR count). The lowest BCUT2D eigenvalue weighted by Crippen LogP contribution is -2.29. The Balaban J connectivity index is 1.90. The van der Waals surface area contributed by atoms with Gasteiger partial charge in [-0.25, -0.2) is 8.42 Å². The number of rotatable bonds is 8. The number of benzene rings is 2. The molecule has 8 nitrogen and oxygen atoms in total. The second-order valence-corrected chi connectivity index (χ2v) is 7.87. The number of nitrogens with zero attached hydrogens (tertiary/aromatic N) is 1. The van der Waals surface area contributed by atoms with Gasteiger partial charge in [0.2, 0.25) is 0 Å². The summed E-state index contributed by atoms with van der Waals surface area (Å²) in [6, 6.07) is 12.6. The van der Waals surface area contributed by atoms with E-state index in [0.29, 0.717) is 23.4 Å². The third kappa shape index (κ3) is 5.85. The molecule has 0 aromatic heterocycles. The van der Waals surface area contributed by atoms with Crippen LogP contribution < -0.4 is 10.6 Å². The van der Waals surface area contributed by atoms with Gasteiger partial charge in [0.1, 0.15) is 5.69 Å². The van der Waals surface area contributed by atoms with Gasteiger partial charge in [-0.3, -0.25) is 14.9 Å². The Morgan fingerprint density at radius 1 is 1.12 bits per heavy atom. The minimum atomic E-state index is -3.18. The van der Waals surface area contributed by atoms with Crippen LogP contribution in [0, 0.1) is 10.1 Å². The van der Waals surface area contributed by atoms with E-state index >= 15 is 0 Å². The van der Waals surface area contributed by atoms with Crippen LogP contribution in [0.15, 0.2) is 48.5 Å². The van der Waals surface area contributed by atoms with E-state index in [4.69, 9.17) is 0 Å². The molecule has 0 saturated carbocycles. The number of amides is 1. The highest BCUT2D eigenvalue weighted by molar-refractivity contribution is 7.89. The van der Waals surface area contributed by atoms with Crippen molar-refractivity contribution in [1.82, 2.24) is 5.32 Å². The fraction of sp³-hybridized carbons (Fsp3) is 0.235. The molecule has 0 aliphatic heterocycles. The van der Waals surface area contributed by atoms with Gasteiger partial charge >= 0.3 is 0 Å². The van der Waals surface area contributed by atoms with Crippen molar-refractivity contribution in [2.75, 3.05) is 24.7 Å². The van der Waals surface area contributed by atoms with E-state index in [1.165, 1.54) is 12.1 Å². The summed E-state index contributed by atoms with van der Waals surface area (Å²) in [4.78, 5) is 22.6. The van der Waals surface area contributed by atoms with Gasteiger partial charge in [-0.2, -0.15) is 0 Å². The van der Waals surface area contributed by atoms with E-state index < -0.39 is 14.8 Å². The van der Waals surface area contributed by atoms with Crippen LogP contribution in [0.25, 0.3) is 0 Å². The smallest absolute Gasteiger partial charge is 0.292 e. The van der Waals surface area contributed by atoms with Gasteiger partial charge in [0.15, 0.2) is 9.84 Å². The zero-order valence-electron chi connectivity index (χ0n) is 14.1. The zero-order valence-corrected chi connectivity index (χ0v) is 15.0. The summed E-state index contributed by atoms with van der Waals surface area (Å²) < 4.78 is 22.7. The summed E-state index contributed by atoms with van der Waals surface area (Å²) in [6.07, 6.45) is 1.13. The van der Waals surface area contributed by atoms with Crippen LogP contribution in [0.3, 0.4) is 0 Å². The molecule has 1 amide bonds. The fourth-order valence-electron chi connectivity index (χ4n) is 2.36. The minimum Gasteiger partial charge on any atom is -0.378 e. The summed E-state index contributed by atoms with van der Waals surface area (Å²) in [6.45, 7) is 0.556. The number of carbonyl (C=O) groups is 1. The maximum absolute atomic E-state index is 12.2. The first-order valence-electron chi connectivity index (χ1n) is 7.78. The highest BCUT2D eigenvalue weighted by Crippen LogP contribution is 2.22. The number of nitro groups is 1. The monoisotopic (exact) mass is 377 g/mol. The number of nitrogens with one attached hydrogen (secondary N) is 2. The summed E-state index contributed by atoms with van der Waals surface area (Å²) in [5.41, 5.74) is 1.24. The zero-order chi connectivity index (χ0) is 19.2. The van der Waals surface area contributed by atoms with E-state index in [9.17, 15) is 23.3 Å². The molecule has 2 aromatic carbocycles. The Bertz CT molecular complexity index is 912. The summed E-state index contributed by atoms with van der Waals surface area (Å²) >= 11 is 0. The van der Waals surface area contributed by atoms with Gasteiger partial charge < -0.3 is 10.6 Å². The molecular formula is C17H19N3O5S. The van der Waals surface area contributed by atoms with Crippen molar-refractivity contribution in [3.63, 3.8) is 0 Å². The molecule has 0 saturated heterocycles. The predicted molar refractivity (Wildman–Crippen MR) is 98.9 cm³/mol.